The number of nitrogens with zero attached hydrogens (tertiary/aromatic N) is 4. The standard InChI is InChI=1S/C18H20N6O2/c1-25-15-4-3-14(10-16(15)26-2)23-18(19)22-11-13-5-6-21-17(9-13)24-8-7-20-12-24/h3-10,12H,11H2,1-2H3,(H3,19,22,23). The molecule has 2 aromatic heterocycles. The Kier molecular flexibility index (Phi) is 5.33. The zero-order chi connectivity index (χ0) is 18.4. The van der Waals surface area contributed by atoms with Gasteiger partial charge in [0.25, 0.3) is 0 Å². The highest BCUT2D eigenvalue weighted by Crippen LogP contribution is 2.29. The number of nitrogens with one attached hydrogen (secondary N) is 1. The quantitative estimate of drug-likeness (QED) is 0.521. The molecule has 0 atom stereocenters. The normalized spacial score (nSPS) is 11.2. The number of nitrogens with two attached hydrogens (primary N) is 1. The first-order valence-electron chi connectivity index (χ1n) is 7.92. The Morgan fingerprint density at radius 1 is 1.15 bits per heavy atom. The number of aliphatic imine (C=N–C) groups is 1. The van der Waals surface area contributed by atoms with Crippen molar-refractivity contribution in [2.75, 3.05) is 19.5 Å². The van der Waals surface area contributed by atoms with Crippen molar-refractivity contribution in [2.24, 2.45) is 10.7 Å². The Morgan fingerprint density at radius 3 is 2.73 bits per heavy atom. The Hall–Kier alpha value is -3.55. The molecule has 0 spiro atoms. The van der Waals surface area contributed by atoms with Gasteiger partial charge in [-0.05, 0) is 29.8 Å². The highest BCUT2D eigenvalue weighted by atomic mass is 16.5. The number of hydrogen-bond donors (Lipinski definition) is 2. The molecule has 26 heavy (non-hydrogen) atoms. The van der Waals surface area contributed by atoms with E-state index in [2.05, 4.69) is 20.3 Å². The van der Waals surface area contributed by atoms with Gasteiger partial charge in [0.15, 0.2) is 17.5 Å². The van der Waals surface area contributed by atoms with Gasteiger partial charge < -0.3 is 20.5 Å². The molecule has 1 aromatic carbocycles. The van der Waals surface area contributed by atoms with Gasteiger partial charge in [0, 0.05) is 30.3 Å². The summed E-state index contributed by atoms with van der Waals surface area (Å²) < 4.78 is 12.3. The van der Waals surface area contributed by atoms with E-state index in [0.29, 0.717) is 24.0 Å². The Labute approximate surface area is 151 Å². The molecule has 0 unspecified atom stereocenters. The number of rotatable bonds is 6. The molecule has 0 saturated heterocycles. The van der Waals surface area contributed by atoms with Crippen molar-refractivity contribution in [1.29, 1.82) is 0 Å². The summed E-state index contributed by atoms with van der Waals surface area (Å²) in [5, 5.41) is 3.04. The predicted molar refractivity (Wildman–Crippen MR) is 99.9 cm³/mol. The van der Waals surface area contributed by atoms with Crippen LogP contribution in [0, 0.1) is 0 Å². The average Bonchev–Trinajstić information content (AvgIpc) is 3.21. The molecule has 0 saturated carbocycles. The van der Waals surface area contributed by atoms with Crippen LogP contribution < -0.4 is 20.5 Å². The van der Waals surface area contributed by atoms with Crippen molar-refractivity contribution in [3.05, 3.63) is 60.8 Å². The summed E-state index contributed by atoms with van der Waals surface area (Å²) in [6.45, 7) is 0.427. The molecule has 0 amide bonds. The Morgan fingerprint density at radius 2 is 2.00 bits per heavy atom. The summed E-state index contributed by atoms with van der Waals surface area (Å²) in [4.78, 5) is 12.7. The van der Waals surface area contributed by atoms with E-state index >= 15 is 0 Å². The van der Waals surface area contributed by atoms with Crippen molar-refractivity contribution in [3.63, 3.8) is 0 Å². The predicted octanol–water partition coefficient (Wildman–Crippen LogP) is 2.21. The van der Waals surface area contributed by atoms with E-state index in [4.69, 9.17) is 15.2 Å². The molecule has 0 fully saturated rings. The monoisotopic (exact) mass is 352 g/mol. The lowest BCUT2D eigenvalue weighted by Gasteiger charge is -2.11. The minimum Gasteiger partial charge on any atom is -0.493 e. The van der Waals surface area contributed by atoms with Gasteiger partial charge >= 0.3 is 0 Å². The van der Waals surface area contributed by atoms with Crippen LogP contribution >= 0.6 is 0 Å². The smallest absolute Gasteiger partial charge is 0.193 e. The molecule has 0 radical (unpaired) electrons. The van der Waals surface area contributed by atoms with E-state index in [-0.39, 0.29) is 0 Å². The fraction of sp³-hybridized carbons (Fsp3) is 0.167. The summed E-state index contributed by atoms with van der Waals surface area (Å²) in [5.41, 5.74) is 7.73. The molecule has 134 valence electrons. The minimum atomic E-state index is 0.304. The fourth-order valence-corrected chi connectivity index (χ4v) is 2.37. The Balaban J connectivity index is 1.68. The fourth-order valence-electron chi connectivity index (χ4n) is 2.37. The summed E-state index contributed by atoms with van der Waals surface area (Å²) in [5.74, 6) is 2.35. The number of benzene rings is 1. The molecule has 8 nitrogen and oxygen atoms in total. The third kappa shape index (κ3) is 4.10. The summed E-state index contributed by atoms with van der Waals surface area (Å²) >= 11 is 0. The second-order valence-electron chi connectivity index (χ2n) is 5.39. The average molecular weight is 352 g/mol. The van der Waals surface area contributed by atoms with E-state index in [1.807, 2.05) is 29.0 Å². The van der Waals surface area contributed by atoms with Crippen LogP contribution in [0.25, 0.3) is 5.82 Å². The van der Waals surface area contributed by atoms with Crippen LogP contribution in [0.2, 0.25) is 0 Å². The van der Waals surface area contributed by atoms with Gasteiger partial charge in [-0.15, -0.1) is 0 Å². The van der Waals surface area contributed by atoms with Crippen LogP contribution in [0.4, 0.5) is 5.69 Å². The van der Waals surface area contributed by atoms with Gasteiger partial charge in [0.05, 0.1) is 20.8 Å². The first-order valence-corrected chi connectivity index (χ1v) is 7.92. The Bertz CT molecular complexity index is 892. The maximum Gasteiger partial charge on any atom is 0.193 e. The van der Waals surface area contributed by atoms with Gasteiger partial charge in [0.1, 0.15) is 12.1 Å². The molecule has 0 aliphatic heterocycles. The number of guanidine groups is 1. The molecular formula is C18H20N6O2. The van der Waals surface area contributed by atoms with Crippen LogP contribution in [0.15, 0.2) is 60.2 Å². The van der Waals surface area contributed by atoms with Gasteiger partial charge in [-0.25, -0.2) is 15.0 Å². The number of hydrogen-bond acceptors (Lipinski definition) is 5. The van der Waals surface area contributed by atoms with Gasteiger partial charge in [0.2, 0.25) is 0 Å². The lowest BCUT2D eigenvalue weighted by atomic mass is 10.2. The number of pyridine rings is 1. The molecule has 2 heterocycles. The minimum absolute atomic E-state index is 0.304. The van der Waals surface area contributed by atoms with Crippen molar-refractivity contribution in [1.82, 2.24) is 14.5 Å². The van der Waals surface area contributed by atoms with Crippen LogP contribution in [-0.4, -0.2) is 34.7 Å². The van der Waals surface area contributed by atoms with E-state index in [0.717, 1.165) is 17.1 Å². The molecule has 8 heteroatoms. The largest absolute Gasteiger partial charge is 0.493 e. The third-order valence-corrected chi connectivity index (χ3v) is 3.67. The van der Waals surface area contributed by atoms with Crippen molar-refractivity contribution < 1.29 is 9.47 Å². The molecular weight excluding hydrogens is 332 g/mol. The first-order chi connectivity index (χ1) is 12.7. The number of anilines is 1. The van der Waals surface area contributed by atoms with Crippen LogP contribution in [0.1, 0.15) is 5.56 Å². The van der Waals surface area contributed by atoms with Crippen LogP contribution in [0.3, 0.4) is 0 Å². The van der Waals surface area contributed by atoms with E-state index < -0.39 is 0 Å². The zero-order valence-electron chi connectivity index (χ0n) is 14.6. The van der Waals surface area contributed by atoms with Crippen molar-refractivity contribution in [3.8, 4) is 17.3 Å². The number of ether oxygens (including phenoxy) is 2. The van der Waals surface area contributed by atoms with E-state index in [1.165, 1.54) is 0 Å². The molecule has 0 aliphatic carbocycles. The van der Waals surface area contributed by atoms with Gasteiger partial charge in [-0.3, -0.25) is 4.57 Å². The second-order valence-corrected chi connectivity index (χ2v) is 5.39. The number of aromatic nitrogens is 3. The summed E-state index contributed by atoms with van der Waals surface area (Å²) in [7, 11) is 3.17. The highest BCUT2D eigenvalue weighted by molar-refractivity contribution is 5.92. The number of methoxy groups -OCH3 is 2. The first kappa shape index (κ1) is 17.3. The molecule has 3 rings (SSSR count). The molecule has 3 aromatic rings. The van der Waals surface area contributed by atoms with Crippen LogP contribution in [-0.2, 0) is 6.54 Å². The molecule has 0 bridgehead atoms. The second kappa shape index (κ2) is 8.02. The maximum atomic E-state index is 5.98. The lowest BCUT2D eigenvalue weighted by molar-refractivity contribution is 0.355. The summed E-state index contributed by atoms with van der Waals surface area (Å²) in [6, 6.07) is 9.27. The highest BCUT2D eigenvalue weighted by Gasteiger charge is 2.05. The molecule has 3 N–H and O–H groups in total. The third-order valence-electron chi connectivity index (χ3n) is 3.67. The topological polar surface area (TPSA) is 99.6 Å². The number of imidazole rings is 1. The lowest BCUT2D eigenvalue weighted by Crippen LogP contribution is -2.22. The van der Waals surface area contributed by atoms with E-state index in [9.17, 15) is 0 Å². The maximum absolute atomic E-state index is 5.98. The van der Waals surface area contributed by atoms with Crippen molar-refractivity contribution >= 4 is 11.6 Å². The van der Waals surface area contributed by atoms with Crippen LogP contribution in [0.5, 0.6) is 11.5 Å². The van der Waals surface area contributed by atoms with Gasteiger partial charge in [-0.1, -0.05) is 0 Å². The molecule has 0 aliphatic rings. The van der Waals surface area contributed by atoms with Gasteiger partial charge in [-0.2, -0.15) is 0 Å². The summed E-state index contributed by atoms with van der Waals surface area (Å²) in [6.07, 6.45) is 6.97. The zero-order valence-corrected chi connectivity index (χ0v) is 14.6. The van der Waals surface area contributed by atoms with Crippen molar-refractivity contribution in [2.45, 2.75) is 6.54 Å². The van der Waals surface area contributed by atoms with E-state index in [1.54, 1.807) is 45.1 Å². The SMILES string of the molecule is COc1ccc(NC(N)=NCc2ccnc(-n3ccnc3)c2)cc1OC.